The molecule has 8 heteroatoms. The molecular formula is C22H28N6O2. The maximum Gasteiger partial charge on any atom is 0.252 e. The lowest BCUT2D eigenvalue weighted by Gasteiger charge is -2.29. The number of rotatable bonds is 6. The maximum absolute atomic E-state index is 12.3. The van der Waals surface area contributed by atoms with E-state index in [-0.39, 0.29) is 18.4 Å². The molecule has 0 unspecified atom stereocenters. The zero-order chi connectivity index (χ0) is 21.1. The lowest BCUT2D eigenvalue weighted by atomic mass is 10.1. The lowest BCUT2D eigenvalue weighted by molar-refractivity contribution is -0.120. The van der Waals surface area contributed by atoms with Gasteiger partial charge in [0.2, 0.25) is 5.91 Å². The summed E-state index contributed by atoms with van der Waals surface area (Å²) >= 11 is 0. The van der Waals surface area contributed by atoms with Gasteiger partial charge in [0.05, 0.1) is 12.5 Å². The average Bonchev–Trinajstić information content (AvgIpc) is 3.12. The molecule has 1 fully saturated rings. The largest absolute Gasteiger partial charge is 0.393 e. The predicted octanol–water partition coefficient (Wildman–Crippen LogP) is 1.56. The van der Waals surface area contributed by atoms with E-state index in [4.69, 9.17) is 0 Å². The summed E-state index contributed by atoms with van der Waals surface area (Å²) in [4.78, 5) is 23.4. The van der Waals surface area contributed by atoms with Crippen molar-refractivity contribution < 1.29 is 9.90 Å². The number of benzene rings is 1. The molecule has 8 nitrogen and oxygen atoms in total. The van der Waals surface area contributed by atoms with Crippen LogP contribution in [0.1, 0.15) is 41.2 Å². The zero-order valence-corrected chi connectivity index (χ0v) is 17.5. The van der Waals surface area contributed by atoms with Crippen molar-refractivity contribution in [1.29, 1.82) is 0 Å². The highest BCUT2D eigenvalue weighted by atomic mass is 16.3. The van der Waals surface area contributed by atoms with Crippen LogP contribution in [0.25, 0.3) is 5.78 Å². The number of piperidine rings is 1. The molecule has 1 saturated heterocycles. The van der Waals surface area contributed by atoms with E-state index in [0.717, 1.165) is 49.4 Å². The molecule has 0 spiro atoms. The van der Waals surface area contributed by atoms with Gasteiger partial charge >= 0.3 is 0 Å². The van der Waals surface area contributed by atoms with E-state index in [2.05, 4.69) is 37.4 Å². The number of amides is 1. The molecule has 1 aliphatic rings. The first kappa shape index (κ1) is 20.4. The number of aryl methyl sites for hydroxylation is 2. The third-order valence-electron chi connectivity index (χ3n) is 5.46. The Bertz CT molecular complexity index is 1020. The molecule has 2 N–H and O–H groups in total. The monoisotopic (exact) mass is 408 g/mol. The van der Waals surface area contributed by atoms with Gasteiger partial charge in [0.15, 0.2) is 5.82 Å². The summed E-state index contributed by atoms with van der Waals surface area (Å²) in [6, 6.07) is 10.2. The lowest BCUT2D eigenvalue weighted by Crippen LogP contribution is -2.35. The van der Waals surface area contributed by atoms with Crippen molar-refractivity contribution in [3.8, 4) is 0 Å². The van der Waals surface area contributed by atoms with Crippen LogP contribution in [-0.2, 0) is 24.3 Å². The second-order valence-electron chi connectivity index (χ2n) is 8.06. The van der Waals surface area contributed by atoms with Gasteiger partial charge in [-0.25, -0.2) is 9.50 Å². The Morgan fingerprint density at radius 1 is 1.13 bits per heavy atom. The first-order chi connectivity index (χ1) is 14.5. The van der Waals surface area contributed by atoms with Gasteiger partial charge in [-0.05, 0) is 43.9 Å². The number of fused-ring (bicyclic) bond motifs is 1. The van der Waals surface area contributed by atoms with Gasteiger partial charge in [-0.1, -0.05) is 24.3 Å². The van der Waals surface area contributed by atoms with Crippen LogP contribution in [0.4, 0.5) is 0 Å². The number of carbonyl (C=O) groups is 1. The van der Waals surface area contributed by atoms with E-state index < -0.39 is 0 Å². The molecule has 3 aromatic rings. The number of carbonyl (C=O) groups excluding carboxylic acids is 1. The smallest absolute Gasteiger partial charge is 0.252 e. The number of hydrogen-bond donors (Lipinski definition) is 2. The summed E-state index contributed by atoms with van der Waals surface area (Å²) in [6.45, 7) is 7.09. The van der Waals surface area contributed by atoms with E-state index in [9.17, 15) is 9.90 Å². The van der Waals surface area contributed by atoms with Gasteiger partial charge in [-0.15, -0.1) is 5.10 Å². The number of aliphatic hydroxyl groups is 1. The van der Waals surface area contributed by atoms with Gasteiger partial charge in [-0.2, -0.15) is 4.98 Å². The van der Waals surface area contributed by atoms with Crippen LogP contribution in [0.2, 0.25) is 0 Å². The van der Waals surface area contributed by atoms with Crippen molar-refractivity contribution in [2.75, 3.05) is 13.1 Å². The van der Waals surface area contributed by atoms with E-state index >= 15 is 0 Å². The Hall–Kier alpha value is -2.84. The van der Waals surface area contributed by atoms with Crippen LogP contribution >= 0.6 is 0 Å². The Kier molecular flexibility index (Phi) is 6.06. The minimum absolute atomic E-state index is 0.115. The number of likely N-dealkylation sites (tertiary alicyclic amines) is 1. The van der Waals surface area contributed by atoms with Crippen LogP contribution in [0.15, 0.2) is 30.3 Å². The normalized spacial score (nSPS) is 15.6. The Labute approximate surface area is 176 Å². The second-order valence-corrected chi connectivity index (χ2v) is 8.06. The summed E-state index contributed by atoms with van der Waals surface area (Å²) in [5.41, 5.74) is 4.12. The molecule has 158 valence electrons. The Morgan fingerprint density at radius 2 is 1.83 bits per heavy atom. The highest BCUT2D eigenvalue weighted by molar-refractivity contribution is 5.77. The highest BCUT2D eigenvalue weighted by Gasteiger charge is 2.17. The molecule has 0 saturated carbocycles. The Morgan fingerprint density at radius 3 is 2.57 bits per heavy atom. The number of aromatic nitrogens is 4. The molecule has 1 amide bonds. The van der Waals surface area contributed by atoms with Crippen LogP contribution < -0.4 is 5.32 Å². The summed E-state index contributed by atoms with van der Waals surface area (Å²) in [5, 5.41) is 16.9. The van der Waals surface area contributed by atoms with Crippen molar-refractivity contribution >= 4 is 11.7 Å². The molecule has 2 aromatic heterocycles. The first-order valence-electron chi connectivity index (χ1n) is 10.4. The fraction of sp³-hybridized carbons (Fsp3) is 0.455. The number of aliphatic hydroxyl groups excluding tert-OH is 1. The van der Waals surface area contributed by atoms with E-state index in [1.54, 1.807) is 4.52 Å². The van der Waals surface area contributed by atoms with Crippen LogP contribution in [0.5, 0.6) is 0 Å². The summed E-state index contributed by atoms with van der Waals surface area (Å²) in [7, 11) is 0. The molecule has 1 aromatic carbocycles. The molecule has 0 bridgehead atoms. The number of hydrogen-bond acceptors (Lipinski definition) is 6. The third kappa shape index (κ3) is 5.01. The first-order valence-corrected chi connectivity index (χ1v) is 10.4. The standard InChI is InChI=1S/C22H28N6O2/c1-15-11-16(2)28-22(24-15)25-20(26-28)12-21(30)23-13-17-3-5-18(6-4-17)14-27-9-7-19(29)8-10-27/h3-6,11,19,29H,7-10,12-14H2,1-2H3,(H,23,30). The average molecular weight is 409 g/mol. The van der Waals surface area contributed by atoms with Crippen LogP contribution in [-0.4, -0.2) is 54.7 Å². The fourth-order valence-electron chi connectivity index (χ4n) is 3.79. The summed E-state index contributed by atoms with van der Waals surface area (Å²) in [5.74, 6) is 0.876. The number of nitrogens with zero attached hydrogens (tertiary/aromatic N) is 5. The summed E-state index contributed by atoms with van der Waals surface area (Å²) < 4.78 is 1.66. The van der Waals surface area contributed by atoms with Gasteiger partial charge in [-0.3, -0.25) is 9.69 Å². The molecule has 30 heavy (non-hydrogen) atoms. The highest BCUT2D eigenvalue weighted by Crippen LogP contribution is 2.14. The number of nitrogens with one attached hydrogen (secondary N) is 1. The SMILES string of the molecule is Cc1cc(C)n2nc(CC(=O)NCc3ccc(CN4CCC(O)CC4)cc3)nc2n1. The molecule has 0 aliphatic carbocycles. The topological polar surface area (TPSA) is 95.7 Å². The van der Waals surface area contributed by atoms with Gasteiger partial charge in [0.1, 0.15) is 0 Å². The van der Waals surface area contributed by atoms with Gasteiger partial charge in [0.25, 0.3) is 5.78 Å². The van der Waals surface area contributed by atoms with Crippen molar-refractivity contribution in [3.63, 3.8) is 0 Å². The summed E-state index contributed by atoms with van der Waals surface area (Å²) in [6.07, 6.45) is 1.68. The van der Waals surface area contributed by atoms with Crippen LogP contribution in [0, 0.1) is 13.8 Å². The second kappa shape index (κ2) is 8.89. The third-order valence-corrected chi connectivity index (χ3v) is 5.46. The molecule has 3 heterocycles. The van der Waals surface area contributed by atoms with Crippen molar-refractivity contribution in [3.05, 3.63) is 58.7 Å². The zero-order valence-electron chi connectivity index (χ0n) is 17.5. The van der Waals surface area contributed by atoms with Gasteiger partial charge < -0.3 is 10.4 Å². The molecule has 0 radical (unpaired) electrons. The van der Waals surface area contributed by atoms with Gasteiger partial charge in [0, 0.05) is 37.6 Å². The van der Waals surface area contributed by atoms with E-state index in [0.29, 0.717) is 18.1 Å². The van der Waals surface area contributed by atoms with Crippen molar-refractivity contribution in [2.45, 2.75) is 52.3 Å². The quantitative estimate of drug-likeness (QED) is 0.643. The van der Waals surface area contributed by atoms with E-state index in [1.165, 1.54) is 5.56 Å². The maximum atomic E-state index is 12.3. The fourth-order valence-corrected chi connectivity index (χ4v) is 3.79. The molecule has 1 aliphatic heterocycles. The van der Waals surface area contributed by atoms with Crippen molar-refractivity contribution in [2.24, 2.45) is 0 Å². The van der Waals surface area contributed by atoms with Crippen LogP contribution in [0.3, 0.4) is 0 Å². The molecule has 4 rings (SSSR count). The predicted molar refractivity (Wildman–Crippen MR) is 113 cm³/mol. The van der Waals surface area contributed by atoms with Crippen molar-refractivity contribution in [1.82, 2.24) is 29.8 Å². The molecular weight excluding hydrogens is 380 g/mol. The minimum atomic E-state index is -0.146. The minimum Gasteiger partial charge on any atom is -0.393 e. The molecule has 0 atom stereocenters. The van der Waals surface area contributed by atoms with E-state index in [1.807, 2.05) is 32.0 Å². The Balaban J connectivity index is 1.28.